The van der Waals surface area contributed by atoms with Crippen molar-refractivity contribution in [2.45, 2.75) is 44.9 Å². The van der Waals surface area contributed by atoms with Crippen LogP contribution in [0.2, 0.25) is 0 Å². The summed E-state index contributed by atoms with van der Waals surface area (Å²) in [6.07, 6.45) is 1.97. The highest BCUT2D eigenvalue weighted by Crippen LogP contribution is 2.24. The van der Waals surface area contributed by atoms with Crippen LogP contribution >= 0.6 is 11.3 Å². The van der Waals surface area contributed by atoms with Crippen molar-refractivity contribution >= 4 is 23.2 Å². The number of primary amides is 1. The molecule has 0 saturated carbocycles. The van der Waals surface area contributed by atoms with E-state index in [1.54, 1.807) is 23.1 Å². The molecule has 3 aromatic rings. The van der Waals surface area contributed by atoms with E-state index in [0.717, 1.165) is 35.7 Å². The molecule has 7 nitrogen and oxygen atoms in total. The van der Waals surface area contributed by atoms with Crippen LogP contribution in [0.4, 0.5) is 0 Å². The molecule has 4 rings (SSSR count). The number of nitrogens with two attached hydrogens (primary N) is 1. The zero-order valence-electron chi connectivity index (χ0n) is 19.9. The van der Waals surface area contributed by atoms with Gasteiger partial charge in [-0.15, -0.1) is 11.3 Å². The Morgan fingerprint density at radius 3 is 2.63 bits per heavy atom. The molecule has 1 aromatic heterocycles. The molecule has 0 spiro atoms. The summed E-state index contributed by atoms with van der Waals surface area (Å²) >= 11 is 1.51. The average Bonchev–Trinajstić information content (AvgIpc) is 3.55. The summed E-state index contributed by atoms with van der Waals surface area (Å²) in [7, 11) is 0. The maximum absolute atomic E-state index is 13.7. The largest absolute Gasteiger partial charge is 0.391 e. The first-order valence-electron chi connectivity index (χ1n) is 12.0. The van der Waals surface area contributed by atoms with Crippen molar-refractivity contribution in [3.63, 3.8) is 0 Å². The molecule has 0 bridgehead atoms. The molecule has 184 valence electrons. The van der Waals surface area contributed by atoms with Crippen LogP contribution in [-0.2, 0) is 13.0 Å². The smallest absolute Gasteiger partial charge is 0.254 e. The minimum Gasteiger partial charge on any atom is -0.391 e. The van der Waals surface area contributed by atoms with E-state index >= 15 is 0 Å². The van der Waals surface area contributed by atoms with Gasteiger partial charge in [0.15, 0.2) is 0 Å². The lowest BCUT2D eigenvalue weighted by Gasteiger charge is -2.33. The zero-order valence-corrected chi connectivity index (χ0v) is 20.7. The highest BCUT2D eigenvalue weighted by atomic mass is 32.1. The monoisotopic (exact) mass is 492 g/mol. The van der Waals surface area contributed by atoms with Gasteiger partial charge in [-0.25, -0.2) is 4.98 Å². The second-order valence-corrected chi connectivity index (χ2v) is 10.1. The van der Waals surface area contributed by atoms with E-state index in [1.165, 1.54) is 17.4 Å². The summed E-state index contributed by atoms with van der Waals surface area (Å²) < 4.78 is 0. The van der Waals surface area contributed by atoms with E-state index in [2.05, 4.69) is 22.4 Å². The normalized spacial score (nSPS) is 17.1. The van der Waals surface area contributed by atoms with Gasteiger partial charge in [-0.2, -0.15) is 0 Å². The number of hydrogen-bond acceptors (Lipinski definition) is 6. The molecule has 8 heteroatoms. The maximum atomic E-state index is 13.7. The Labute approximate surface area is 210 Å². The van der Waals surface area contributed by atoms with Crippen molar-refractivity contribution in [1.29, 1.82) is 0 Å². The molecule has 1 unspecified atom stereocenters. The van der Waals surface area contributed by atoms with E-state index in [-0.39, 0.29) is 23.4 Å². The molecular weight excluding hydrogens is 460 g/mol. The van der Waals surface area contributed by atoms with Gasteiger partial charge in [-0.05, 0) is 56.5 Å². The number of aryl methyl sites for hydroxylation is 1. The third kappa shape index (κ3) is 6.54. The van der Waals surface area contributed by atoms with Gasteiger partial charge in [0, 0.05) is 40.7 Å². The third-order valence-corrected chi connectivity index (χ3v) is 7.41. The second kappa shape index (κ2) is 11.6. The molecule has 1 aliphatic rings. The van der Waals surface area contributed by atoms with Crippen LogP contribution in [0, 0.1) is 12.8 Å². The fraction of sp³-hybridized carbons (Fsp3) is 0.370. The summed E-state index contributed by atoms with van der Waals surface area (Å²) in [4.78, 5) is 31.7. The summed E-state index contributed by atoms with van der Waals surface area (Å²) in [5.41, 5.74) is 8.15. The van der Waals surface area contributed by atoms with Crippen molar-refractivity contribution in [3.05, 3.63) is 87.4 Å². The second-order valence-electron chi connectivity index (χ2n) is 9.16. The van der Waals surface area contributed by atoms with Gasteiger partial charge >= 0.3 is 0 Å². The van der Waals surface area contributed by atoms with E-state index in [9.17, 15) is 14.7 Å². The molecular formula is C27H32N4O3S. The quantitative estimate of drug-likeness (QED) is 0.403. The van der Waals surface area contributed by atoms with Crippen LogP contribution in [0.25, 0.3) is 0 Å². The van der Waals surface area contributed by atoms with Gasteiger partial charge in [-0.3, -0.25) is 9.59 Å². The lowest BCUT2D eigenvalue weighted by atomic mass is 9.88. The van der Waals surface area contributed by atoms with Crippen LogP contribution in [0.5, 0.6) is 0 Å². The number of amides is 2. The lowest BCUT2D eigenvalue weighted by molar-refractivity contribution is 0.0430. The molecule has 0 radical (unpaired) electrons. The Kier molecular flexibility index (Phi) is 8.28. The number of aromatic nitrogens is 1. The van der Waals surface area contributed by atoms with Gasteiger partial charge < -0.3 is 21.1 Å². The predicted molar refractivity (Wildman–Crippen MR) is 137 cm³/mol. The topological polar surface area (TPSA) is 109 Å². The van der Waals surface area contributed by atoms with E-state index in [1.807, 2.05) is 30.5 Å². The maximum Gasteiger partial charge on any atom is 0.254 e. The van der Waals surface area contributed by atoms with Crippen molar-refractivity contribution in [3.8, 4) is 0 Å². The lowest BCUT2D eigenvalue weighted by Crippen LogP contribution is -2.46. The van der Waals surface area contributed by atoms with E-state index < -0.39 is 12.0 Å². The molecule has 3 atom stereocenters. The molecule has 4 N–H and O–H groups in total. The summed E-state index contributed by atoms with van der Waals surface area (Å²) in [6, 6.07) is 16.5. The fourth-order valence-corrected chi connectivity index (χ4v) is 5.46. The summed E-state index contributed by atoms with van der Waals surface area (Å²) in [5, 5.41) is 17.6. The van der Waals surface area contributed by atoms with Gasteiger partial charge in [-0.1, -0.05) is 36.4 Å². The standard InChI is InChI=1S/C27H32N4O3S/c1-18-17-35-24(30-18)16-31(27(34)21-10-5-9-20(14-21)26(28)33)15-22(13-19-7-3-2-4-8-19)25(32)23-11-6-12-29-23/h2-5,7-10,14,17,22-23,25,29,32H,6,11-13,15-16H2,1H3,(H2,28,33)/t22-,23?,25+/m0/s1. The van der Waals surface area contributed by atoms with Crippen molar-refractivity contribution in [2.75, 3.05) is 13.1 Å². The Morgan fingerprint density at radius 2 is 1.97 bits per heavy atom. The van der Waals surface area contributed by atoms with Crippen LogP contribution < -0.4 is 11.1 Å². The number of thiazole rings is 1. The van der Waals surface area contributed by atoms with Crippen molar-refractivity contribution < 1.29 is 14.7 Å². The molecule has 0 aliphatic carbocycles. The third-order valence-electron chi connectivity index (χ3n) is 6.46. The number of rotatable bonds is 10. The Morgan fingerprint density at radius 1 is 1.20 bits per heavy atom. The minimum atomic E-state index is -0.608. The number of benzene rings is 2. The summed E-state index contributed by atoms with van der Waals surface area (Å²) in [5.74, 6) is -0.977. The molecule has 35 heavy (non-hydrogen) atoms. The number of carbonyl (C=O) groups is 2. The first-order chi connectivity index (χ1) is 16.9. The number of aliphatic hydroxyl groups excluding tert-OH is 1. The van der Waals surface area contributed by atoms with Gasteiger partial charge in [0.05, 0.1) is 12.6 Å². The molecule has 1 fully saturated rings. The summed E-state index contributed by atoms with van der Waals surface area (Å²) in [6.45, 7) is 3.50. The average molecular weight is 493 g/mol. The molecule has 2 aromatic carbocycles. The Bertz CT molecular complexity index is 1140. The zero-order chi connectivity index (χ0) is 24.8. The van der Waals surface area contributed by atoms with Crippen molar-refractivity contribution in [2.24, 2.45) is 11.7 Å². The number of carbonyl (C=O) groups excluding carboxylic acids is 2. The number of nitrogens with zero attached hydrogens (tertiary/aromatic N) is 2. The highest BCUT2D eigenvalue weighted by molar-refractivity contribution is 7.09. The van der Waals surface area contributed by atoms with Crippen LogP contribution in [0.15, 0.2) is 60.0 Å². The molecule has 1 aliphatic heterocycles. The van der Waals surface area contributed by atoms with Gasteiger partial charge in [0.1, 0.15) is 5.01 Å². The fourth-order valence-electron chi connectivity index (χ4n) is 4.67. The number of hydrogen-bond donors (Lipinski definition) is 3. The first kappa shape index (κ1) is 25.0. The predicted octanol–water partition coefficient (Wildman–Crippen LogP) is 3.16. The molecule has 2 heterocycles. The van der Waals surface area contributed by atoms with Crippen molar-refractivity contribution in [1.82, 2.24) is 15.2 Å². The van der Waals surface area contributed by atoms with E-state index in [4.69, 9.17) is 5.73 Å². The number of aliphatic hydroxyl groups is 1. The van der Waals surface area contributed by atoms with Crippen LogP contribution in [0.1, 0.15) is 49.8 Å². The van der Waals surface area contributed by atoms with Gasteiger partial charge in [0.25, 0.3) is 5.91 Å². The van der Waals surface area contributed by atoms with Crippen LogP contribution in [-0.4, -0.2) is 52.0 Å². The molecule has 1 saturated heterocycles. The van der Waals surface area contributed by atoms with Gasteiger partial charge in [0.2, 0.25) is 5.91 Å². The highest BCUT2D eigenvalue weighted by Gasteiger charge is 2.33. The van der Waals surface area contributed by atoms with Crippen LogP contribution in [0.3, 0.4) is 0 Å². The number of nitrogens with one attached hydrogen (secondary N) is 1. The Balaban J connectivity index is 1.64. The first-order valence-corrected chi connectivity index (χ1v) is 12.8. The minimum absolute atomic E-state index is 0.000890. The Hall–Kier alpha value is -3.07. The molecule has 2 amide bonds. The van der Waals surface area contributed by atoms with E-state index in [0.29, 0.717) is 25.1 Å². The SMILES string of the molecule is Cc1csc(CN(C[C@H](Cc2ccccc2)[C@@H](O)C2CCCN2)C(=O)c2cccc(C(N)=O)c2)n1.